The number of nitrogens with zero attached hydrogens (tertiary/aromatic N) is 3. The Balaban J connectivity index is 1.82. The number of para-hydroxylation sites is 2. The molecule has 0 saturated carbocycles. The fraction of sp³-hybridized carbons (Fsp3) is 0.211. The lowest BCUT2D eigenvalue weighted by molar-refractivity contribution is -0.115. The van der Waals surface area contributed by atoms with Gasteiger partial charge in [0.25, 0.3) is 0 Å². The molecule has 0 atom stereocenters. The van der Waals surface area contributed by atoms with Gasteiger partial charge in [-0.2, -0.15) is 5.26 Å². The van der Waals surface area contributed by atoms with E-state index in [1.165, 1.54) is 0 Å². The summed E-state index contributed by atoms with van der Waals surface area (Å²) in [7, 11) is 0. The number of aryl methyl sites for hydroxylation is 2. The summed E-state index contributed by atoms with van der Waals surface area (Å²) in [6.45, 7) is 2.54. The molecule has 3 rings (SSSR count). The summed E-state index contributed by atoms with van der Waals surface area (Å²) < 4.78 is 1.95. The Labute approximate surface area is 140 Å². The number of benzene rings is 2. The van der Waals surface area contributed by atoms with E-state index in [1.807, 2.05) is 60.0 Å². The van der Waals surface area contributed by atoms with Crippen LogP contribution in [0.3, 0.4) is 0 Å². The molecule has 120 valence electrons. The van der Waals surface area contributed by atoms with Crippen molar-refractivity contribution in [1.82, 2.24) is 9.55 Å². The zero-order valence-corrected chi connectivity index (χ0v) is 13.5. The Bertz CT molecular complexity index is 903. The maximum absolute atomic E-state index is 12.3. The predicted octanol–water partition coefficient (Wildman–Crippen LogP) is 3.44. The van der Waals surface area contributed by atoms with Gasteiger partial charge in [0.05, 0.1) is 29.9 Å². The van der Waals surface area contributed by atoms with Crippen LogP contribution in [0.25, 0.3) is 11.0 Å². The number of hydrogen-bond acceptors (Lipinski definition) is 3. The average Bonchev–Trinajstić information content (AvgIpc) is 2.92. The molecule has 2 aromatic carbocycles. The molecule has 0 fully saturated rings. The Kier molecular flexibility index (Phi) is 4.57. The van der Waals surface area contributed by atoms with Gasteiger partial charge in [-0.1, -0.05) is 29.8 Å². The van der Waals surface area contributed by atoms with Gasteiger partial charge < -0.3 is 9.88 Å². The molecular weight excluding hydrogens is 300 g/mol. The van der Waals surface area contributed by atoms with E-state index >= 15 is 0 Å². The second kappa shape index (κ2) is 6.97. The predicted molar refractivity (Wildman–Crippen MR) is 93.5 cm³/mol. The van der Waals surface area contributed by atoms with Crippen LogP contribution in [0.15, 0.2) is 48.5 Å². The van der Waals surface area contributed by atoms with E-state index in [1.54, 1.807) is 0 Å². The van der Waals surface area contributed by atoms with Crippen LogP contribution < -0.4 is 5.32 Å². The molecule has 0 saturated heterocycles. The van der Waals surface area contributed by atoms with Crippen LogP contribution >= 0.6 is 0 Å². The molecule has 1 heterocycles. The largest absolute Gasteiger partial charge is 0.327 e. The number of hydrogen-bond donors (Lipinski definition) is 1. The van der Waals surface area contributed by atoms with Crippen LogP contribution in [-0.2, 0) is 17.8 Å². The Morgan fingerprint density at radius 1 is 1.21 bits per heavy atom. The third kappa shape index (κ3) is 3.44. The number of rotatable bonds is 5. The topological polar surface area (TPSA) is 70.7 Å². The van der Waals surface area contributed by atoms with Crippen LogP contribution in [0.5, 0.6) is 0 Å². The number of nitriles is 1. The fourth-order valence-corrected chi connectivity index (χ4v) is 2.66. The summed E-state index contributed by atoms with van der Waals surface area (Å²) in [4.78, 5) is 16.9. The number of carbonyl (C=O) groups is 1. The van der Waals surface area contributed by atoms with Crippen LogP contribution in [0.4, 0.5) is 5.69 Å². The van der Waals surface area contributed by atoms with Crippen molar-refractivity contribution in [3.8, 4) is 6.07 Å². The molecule has 0 aliphatic rings. The summed E-state index contributed by atoms with van der Waals surface area (Å²) in [5.74, 6) is 0.559. The number of fused-ring (bicyclic) bond motifs is 1. The number of imidazole rings is 1. The first-order valence-electron chi connectivity index (χ1n) is 7.85. The number of aromatic nitrogens is 2. The molecule has 1 amide bonds. The summed E-state index contributed by atoms with van der Waals surface area (Å²) in [5, 5.41) is 11.8. The first kappa shape index (κ1) is 15.8. The highest BCUT2D eigenvalue weighted by atomic mass is 16.1. The first-order chi connectivity index (χ1) is 11.7. The van der Waals surface area contributed by atoms with Gasteiger partial charge in [-0.05, 0) is 31.2 Å². The number of carbonyl (C=O) groups excluding carboxylic acids is 1. The Morgan fingerprint density at radius 3 is 2.71 bits per heavy atom. The van der Waals surface area contributed by atoms with Crippen molar-refractivity contribution in [2.45, 2.75) is 26.3 Å². The highest BCUT2D eigenvalue weighted by Gasteiger charge is 2.14. The zero-order chi connectivity index (χ0) is 16.9. The second-order valence-corrected chi connectivity index (χ2v) is 5.67. The second-order valence-electron chi connectivity index (χ2n) is 5.67. The van der Waals surface area contributed by atoms with Crippen molar-refractivity contribution in [2.24, 2.45) is 0 Å². The quantitative estimate of drug-likeness (QED) is 0.783. The molecule has 0 aliphatic carbocycles. The summed E-state index contributed by atoms with van der Waals surface area (Å²) in [6, 6.07) is 17.5. The minimum absolute atomic E-state index is 0.118. The van der Waals surface area contributed by atoms with E-state index in [2.05, 4.69) is 16.4 Å². The number of amides is 1. The first-order valence-corrected chi connectivity index (χ1v) is 7.85. The number of nitrogens with one attached hydrogen (secondary N) is 1. The standard InChI is InChI=1S/C19H18N4O/c1-14-7-9-15(10-8-14)21-19(24)13-18-22-16-5-2-3-6-17(16)23(18)12-4-11-20/h2-3,5-10H,4,12-13H2,1H3,(H,21,24). The molecule has 0 aliphatic heterocycles. The van der Waals surface area contributed by atoms with E-state index in [0.717, 1.165) is 22.3 Å². The maximum Gasteiger partial charge on any atom is 0.231 e. The Morgan fingerprint density at radius 2 is 1.96 bits per heavy atom. The van der Waals surface area contributed by atoms with Gasteiger partial charge in [0.2, 0.25) is 5.91 Å². The van der Waals surface area contributed by atoms with Crippen molar-refractivity contribution >= 4 is 22.6 Å². The van der Waals surface area contributed by atoms with Crippen molar-refractivity contribution in [1.29, 1.82) is 5.26 Å². The van der Waals surface area contributed by atoms with E-state index in [-0.39, 0.29) is 12.3 Å². The highest BCUT2D eigenvalue weighted by Crippen LogP contribution is 2.17. The van der Waals surface area contributed by atoms with Gasteiger partial charge >= 0.3 is 0 Å². The van der Waals surface area contributed by atoms with E-state index < -0.39 is 0 Å². The lowest BCUT2D eigenvalue weighted by Crippen LogP contribution is -2.17. The minimum Gasteiger partial charge on any atom is -0.327 e. The van der Waals surface area contributed by atoms with Crippen LogP contribution in [0.2, 0.25) is 0 Å². The summed E-state index contributed by atoms with van der Waals surface area (Å²) in [6.07, 6.45) is 0.556. The molecule has 24 heavy (non-hydrogen) atoms. The molecule has 5 heteroatoms. The van der Waals surface area contributed by atoms with Gasteiger partial charge in [-0.15, -0.1) is 0 Å². The van der Waals surface area contributed by atoms with E-state index in [9.17, 15) is 4.79 Å². The molecular formula is C19H18N4O. The van der Waals surface area contributed by atoms with E-state index in [4.69, 9.17) is 5.26 Å². The molecule has 1 aromatic heterocycles. The van der Waals surface area contributed by atoms with Gasteiger partial charge in [-0.25, -0.2) is 4.98 Å². The van der Waals surface area contributed by atoms with Crippen LogP contribution in [-0.4, -0.2) is 15.5 Å². The van der Waals surface area contributed by atoms with Crippen molar-refractivity contribution < 1.29 is 4.79 Å². The normalized spacial score (nSPS) is 10.5. The lowest BCUT2D eigenvalue weighted by atomic mass is 10.2. The monoisotopic (exact) mass is 318 g/mol. The van der Waals surface area contributed by atoms with Crippen LogP contribution in [0, 0.1) is 18.3 Å². The summed E-state index contributed by atoms with van der Waals surface area (Å²) in [5.41, 5.74) is 3.70. The van der Waals surface area contributed by atoms with E-state index in [0.29, 0.717) is 18.8 Å². The lowest BCUT2D eigenvalue weighted by Gasteiger charge is -2.08. The third-order valence-electron chi connectivity index (χ3n) is 3.83. The fourth-order valence-electron chi connectivity index (χ4n) is 2.66. The van der Waals surface area contributed by atoms with Crippen molar-refractivity contribution in [3.05, 3.63) is 59.9 Å². The molecule has 0 bridgehead atoms. The minimum atomic E-state index is -0.118. The molecule has 0 spiro atoms. The zero-order valence-electron chi connectivity index (χ0n) is 13.5. The maximum atomic E-state index is 12.3. The van der Waals surface area contributed by atoms with Crippen molar-refractivity contribution in [2.75, 3.05) is 5.32 Å². The van der Waals surface area contributed by atoms with Crippen molar-refractivity contribution in [3.63, 3.8) is 0 Å². The number of anilines is 1. The molecule has 0 radical (unpaired) electrons. The van der Waals surface area contributed by atoms with Gasteiger partial charge in [0.15, 0.2) is 0 Å². The SMILES string of the molecule is Cc1ccc(NC(=O)Cc2nc3ccccc3n2CCC#N)cc1. The van der Waals surface area contributed by atoms with Gasteiger partial charge in [0, 0.05) is 12.2 Å². The smallest absolute Gasteiger partial charge is 0.231 e. The van der Waals surface area contributed by atoms with Gasteiger partial charge in [0.1, 0.15) is 5.82 Å². The highest BCUT2D eigenvalue weighted by molar-refractivity contribution is 5.92. The summed E-state index contributed by atoms with van der Waals surface area (Å²) >= 11 is 0. The molecule has 0 unspecified atom stereocenters. The Hall–Kier alpha value is -3.13. The third-order valence-corrected chi connectivity index (χ3v) is 3.83. The average molecular weight is 318 g/mol. The van der Waals surface area contributed by atoms with Gasteiger partial charge in [-0.3, -0.25) is 4.79 Å². The molecule has 1 N–H and O–H groups in total. The molecule has 5 nitrogen and oxygen atoms in total. The molecule has 3 aromatic rings. The van der Waals surface area contributed by atoms with Crippen LogP contribution in [0.1, 0.15) is 17.8 Å².